The Kier molecular flexibility index (Phi) is 2.19. The summed E-state index contributed by atoms with van der Waals surface area (Å²) in [5, 5.41) is 6.89. The van der Waals surface area contributed by atoms with Gasteiger partial charge in [0.2, 0.25) is 0 Å². The molecule has 1 spiro atoms. The van der Waals surface area contributed by atoms with Crippen molar-refractivity contribution in [3.05, 3.63) is 40.7 Å². The van der Waals surface area contributed by atoms with E-state index >= 15 is 0 Å². The van der Waals surface area contributed by atoms with Crippen molar-refractivity contribution in [3.8, 4) is 0 Å². The van der Waals surface area contributed by atoms with Crippen molar-refractivity contribution >= 4 is 17.3 Å². The molecule has 0 bridgehead atoms. The van der Waals surface area contributed by atoms with Gasteiger partial charge in [0.1, 0.15) is 5.82 Å². The highest BCUT2D eigenvalue weighted by Crippen LogP contribution is 2.41. The van der Waals surface area contributed by atoms with E-state index in [1.54, 1.807) is 0 Å². The first-order valence-corrected chi connectivity index (χ1v) is 5.71. The molecule has 2 heterocycles. The molecule has 0 aromatic heterocycles. The number of hydrogen-bond donors (Lipinski definition) is 2. The van der Waals surface area contributed by atoms with Crippen LogP contribution in [-0.4, -0.2) is 19.6 Å². The van der Waals surface area contributed by atoms with Crippen LogP contribution >= 0.6 is 11.6 Å². The lowest BCUT2D eigenvalue weighted by atomic mass is 9.80. The summed E-state index contributed by atoms with van der Waals surface area (Å²) in [7, 11) is 0. The molecule has 84 valence electrons. The molecule has 2 aliphatic rings. The fraction of sp³-hybridized carbons (Fsp3) is 0.333. The second kappa shape index (κ2) is 3.47. The number of rotatable bonds is 0. The lowest BCUT2D eigenvalue weighted by molar-refractivity contribution is 0.512. The molecule has 0 aliphatic carbocycles. The van der Waals surface area contributed by atoms with Gasteiger partial charge in [-0.2, -0.15) is 0 Å². The van der Waals surface area contributed by atoms with Crippen molar-refractivity contribution < 1.29 is 4.39 Å². The third-order valence-corrected chi connectivity index (χ3v) is 3.53. The molecule has 4 heteroatoms. The van der Waals surface area contributed by atoms with Gasteiger partial charge in [-0.25, -0.2) is 4.39 Å². The first-order chi connectivity index (χ1) is 7.71. The number of benzene rings is 1. The van der Waals surface area contributed by atoms with Crippen molar-refractivity contribution in [2.75, 3.05) is 25.0 Å². The van der Waals surface area contributed by atoms with Crippen LogP contribution in [0.25, 0.3) is 0 Å². The van der Waals surface area contributed by atoms with Crippen LogP contribution in [0.4, 0.5) is 10.1 Å². The molecule has 16 heavy (non-hydrogen) atoms. The number of halogens is 2. The van der Waals surface area contributed by atoms with Gasteiger partial charge in [-0.3, -0.25) is 0 Å². The summed E-state index contributed by atoms with van der Waals surface area (Å²) in [4.78, 5) is 0. The zero-order valence-electron chi connectivity index (χ0n) is 8.69. The molecule has 2 N–H and O–H groups in total. The summed E-state index contributed by atoms with van der Waals surface area (Å²) in [5.41, 5.74) is 1.41. The standard InChI is InChI=1S/C12H12ClFN2/c13-8-4-9-11(10(14)5-8)16-7-12(9)2-1-3-15-6-12/h1-2,4-5,15-16H,3,6-7H2/t12-/m0/s1. The molecule has 1 aromatic carbocycles. The van der Waals surface area contributed by atoms with Crippen LogP contribution in [0.5, 0.6) is 0 Å². The second-order valence-electron chi connectivity index (χ2n) is 4.35. The van der Waals surface area contributed by atoms with Gasteiger partial charge in [-0.15, -0.1) is 0 Å². The quantitative estimate of drug-likeness (QED) is 0.678. The minimum absolute atomic E-state index is 0.140. The Balaban J connectivity index is 2.17. The molecule has 0 saturated carbocycles. The van der Waals surface area contributed by atoms with Crippen molar-refractivity contribution in [1.29, 1.82) is 0 Å². The Morgan fingerprint density at radius 2 is 2.19 bits per heavy atom. The average molecular weight is 239 g/mol. The predicted octanol–water partition coefficient (Wildman–Crippen LogP) is 2.30. The number of anilines is 1. The van der Waals surface area contributed by atoms with E-state index in [0.717, 1.165) is 25.2 Å². The minimum atomic E-state index is -0.265. The summed E-state index contributed by atoms with van der Waals surface area (Å²) in [5.74, 6) is -0.265. The van der Waals surface area contributed by atoms with Crippen LogP contribution in [0, 0.1) is 5.82 Å². The third-order valence-electron chi connectivity index (χ3n) is 3.31. The molecule has 0 amide bonds. The predicted molar refractivity (Wildman–Crippen MR) is 63.6 cm³/mol. The molecule has 2 aliphatic heterocycles. The highest BCUT2D eigenvalue weighted by molar-refractivity contribution is 6.30. The monoisotopic (exact) mass is 238 g/mol. The molecule has 3 rings (SSSR count). The Hall–Kier alpha value is -1.06. The summed E-state index contributed by atoms with van der Waals surface area (Å²) >= 11 is 5.92. The van der Waals surface area contributed by atoms with Gasteiger partial charge >= 0.3 is 0 Å². The van der Waals surface area contributed by atoms with Crippen molar-refractivity contribution in [2.45, 2.75) is 5.41 Å². The first-order valence-electron chi connectivity index (χ1n) is 5.33. The maximum absolute atomic E-state index is 13.7. The molecule has 0 fully saturated rings. The zero-order valence-corrected chi connectivity index (χ0v) is 9.44. The van der Waals surface area contributed by atoms with Gasteiger partial charge in [0.15, 0.2) is 0 Å². The molecule has 0 saturated heterocycles. The summed E-state index contributed by atoms with van der Waals surface area (Å²) < 4.78 is 13.7. The van der Waals surface area contributed by atoms with Gasteiger partial charge < -0.3 is 10.6 Å². The highest BCUT2D eigenvalue weighted by Gasteiger charge is 2.39. The van der Waals surface area contributed by atoms with E-state index in [0.29, 0.717) is 10.7 Å². The summed E-state index contributed by atoms with van der Waals surface area (Å²) in [6, 6.07) is 3.21. The van der Waals surface area contributed by atoms with Crippen LogP contribution in [0.3, 0.4) is 0 Å². The van der Waals surface area contributed by atoms with E-state index < -0.39 is 0 Å². The molecule has 1 aromatic rings. The maximum atomic E-state index is 13.7. The number of fused-ring (bicyclic) bond motifs is 2. The van der Waals surface area contributed by atoms with Gasteiger partial charge in [-0.1, -0.05) is 23.8 Å². The summed E-state index contributed by atoms with van der Waals surface area (Å²) in [6.45, 7) is 2.42. The SMILES string of the molecule is Fc1cc(Cl)cc2c1NC[C@@]21C=CCNC1. The van der Waals surface area contributed by atoms with E-state index in [1.807, 2.05) is 6.07 Å². The lowest BCUT2D eigenvalue weighted by Crippen LogP contribution is -2.41. The van der Waals surface area contributed by atoms with E-state index in [1.165, 1.54) is 6.07 Å². The van der Waals surface area contributed by atoms with Gasteiger partial charge in [0.05, 0.1) is 5.69 Å². The normalized spacial score (nSPS) is 26.9. The van der Waals surface area contributed by atoms with Crippen LogP contribution in [0.1, 0.15) is 5.56 Å². The minimum Gasteiger partial charge on any atom is -0.381 e. The second-order valence-corrected chi connectivity index (χ2v) is 4.79. The highest BCUT2D eigenvalue weighted by atomic mass is 35.5. The van der Waals surface area contributed by atoms with E-state index in [4.69, 9.17) is 11.6 Å². The Labute approximate surface area is 98.5 Å². The largest absolute Gasteiger partial charge is 0.381 e. The molecule has 2 nitrogen and oxygen atoms in total. The molecule has 1 atom stereocenters. The average Bonchev–Trinajstić information content (AvgIpc) is 2.59. The van der Waals surface area contributed by atoms with Crippen LogP contribution < -0.4 is 10.6 Å². The van der Waals surface area contributed by atoms with E-state index in [9.17, 15) is 4.39 Å². The number of nitrogens with one attached hydrogen (secondary N) is 2. The van der Waals surface area contributed by atoms with Gasteiger partial charge in [-0.05, 0) is 17.7 Å². The van der Waals surface area contributed by atoms with Crippen molar-refractivity contribution in [1.82, 2.24) is 5.32 Å². The fourth-order valence-electron chi connectivity index (χ4n) is 2.52. The molecule has 0 radical (unpaired) electrons. The van der Waals surface area contributed by atoms with Gasteiger partial charge in [0, 0.05) is 30.1 Å². The van der Waals surface area contributed by atoms with Crippen LogP contribution in [0.15, 0.2) is 24.3 Å². The number of hydrogen-bond acceptors (Lipinski definition) is 2. The molecular formula is C12H12ClFN2. The fourth-order valence-corrected chi connectivity index (χ4v) is 2.72. The van der Waals surface area contributed by atoms with E-state index in [-0.39, 0.29) is 11.2 Å². The van der Waals surface area contributed by atoms with Crippen LogP contribution in [-0.2, 0) is 5.41 Å². The Morgan fingerprint density at radius 3 is 2.94 bits per heavy atom. The molecular weight excluding hydrogens is 227 g/mol. The van der Waals surface area contributed by atoms with Crippen molar-refractivity contribution in [3.63, 3.8) is 0 Å². The molecule has 0 unspecified atom stereocenters. The maximum Gasteiger partial charge on any atom is 0.148 e. The zero-order chi connectivity index (χ0) is 11.2. The first kappa shape index (κ1) is 10.1. The lowest BCUT2D eigenvalue weighted by Gasteiger charge is -2.29. The topological polar surface area (TPSA) is 24.1 Å². The summed E-state index contributed by atoms with van der Waals surface area (Å²) in [6.07, 6.45) is 4.23. The van der Waals surface area contributed by atoms with Crippen LogP contribution in [0.2, 0.25) is 5.02 Å². The third kappa shape index (κ3) is 1.35. The van der Waals surface area contributed by atoms with Gasteiger partial charge in [0.25, 0.3) is 0 Å². The van der Waals surface area contributed by atoms with Crippen molar-refractivity contribution in [2.24, 2.45) is 0 Å². The van der Waals surface area contributed by atoms with E-state index in [2.05, 4.69) is 22.8 Å². The Morgan fingerprint density at radius 1 is 1.31 bits per heavy atom. The smallest absolute Gasteiger partial charge is 0.148 e. The Bertz CT molecular complexity index is 472.